The van der Waals surface area contributed by atoms with Gasteiger partial charge in [-0.2, -0.15) is 4.40 Å². The Kier molecular flexibility index (Phi) is 3.28. The largest absolute Gasteiger partial charge is 0.295 e. The summed E-state index contributed by atoms with van der Waals surface area (Å²) >= 11 is 0. The van der Waals surface area contributed by atoms with Crippen molar-refractivity contribution >= 4 is 33.5 Å². The van der Waals surface area contributed by atoms with Crippen LogP contribution < -0.4 is 4.57 Å². The minimum atomic E-state index is 0.0341. The molecular formula is C27H29N2+. The lowest BCUT2D eigenvalue weighted by Crippen LogP contribution is -2.67. The molecule has 0 bridgehead atoms. The van der Waals surface area contributed by atoms with E-state index in [0.29, 0.717) is 0 Å². The molecule has 0 fully saturated rings. The molecule has 0 saturated carbocycles. The molecule has 4 aromatic rings. The fourth-order valence-corrected chi connectivity index (χ4v) is 6.78. The first kappa shape index (κ1) is 17.3. The third-order valence-electron chi connectivity index (χ3n) is 8.47. The number of nitrogens with zero attached hydrogens (tertiary/aromatic N) is 2. The maximum Gasteiger partial charge on any atom is 0.295 e. The number of benzene rings is 2. The first-order valence-electron chi connectivity index (χ1n) is 11.2. The molecule has 29 heavy (non-hydrogen) atoms. The van der Waals surface area contributed by atoms with Gasteiger partial charge in [-0.1, -0.05) is 51.1 Å². The summed E-state index contributed by atoms with van der Waals surface area (Å²) in [6.07, 6.45) is 11.3. The SMILES string of the molecule is CCC1(CC)c2cccc3ccn4c5cc6c(cc5[n+](c4c23)C1(C)CC)CC=C6. The van der Waals surface area contributed by atoms with Crippen LogP contribution in [0.4, 0.5) is 0 Å². The van der Waals surface area contributed by atoms with E-state index in [1.807, 2.05) is 0 Å². The van der Waals surface area contributed by atoms with Gasteiger partial charge in [0.25, 0.3) is 5.65 Å². The maximum absolute atomic E-state index is 2.73. The Morgan fingerprint density at radius 2 is 1.86 bits per heavy atom. The Morgan fingerprint density at radius 3 is 2.62 bits per heavy atom. The normalized spacial score (nSPS) is 21.7. The number of rotatable bonds is 3. The Labute approximate surface area is 172 Å². The Morgan fingerprint density at radius 1 is 1.03 bits per heavy atom. The fourth-order valence-electron chi connectivity index (χ4n) is 6.78. The highest BCUT2D eigenvalue weighted by molar-refractivity contribution is 5.99. The second kappa shape index (κ2) is 5.50. The number of allylic oxidation sites excluding steroid dienone is 1. The van der Waals surface area contributed by atoms with Gasteiger partial charge in [-0.15, -0.1) is 0 Å². The van der Waals surface area contributed by atoms with Crippen molar-refractivity contribution in [3.63, 3.8) is 0 Å². The molecule has 2 nitrogen and oxygen atoms in total. The lowest BCUT2D eigenvalue weighted by atomic mass is 9.59. The molecule has 0 N–H and O–H groups in total. The Bertz CT molecular complexity index is 1350. The molecule has 0 saturated heterocycles. The molecule has 2 heteroatoms. The van der Waals surface area contributed by atoms with Crippen LogP contribution in [0.25, 0.3) is 33.5 Å². The molecule has 2 aliphatic rings. The summed E-state index contributed by atoms with van der Waals surface area (Å²) in [5, 5.41) is 2.82. The molecule has 1 aliphatic carbocycles. The summed E-state index contributed by atoms with van der Waals surface area (Å²) in [7, 11) is 0. The van der Waals surface area contributed by atoms with Crippen molar-refractivity contribution in [3.8, 4) is 0 Å². The van der Waals surface area contributed by atoms with Crippen LogP contribution in [0, 0.1) is 0 Å². The van der Waals surface area contributed by atoms with Gasteiger partial charge < -0.3 is 0 Å². The van der Waals surface area contributed by atoms with Crippen molar-refractivity contribution in [3.05, 3.63) is 65.4 Å². The molecule has 2 aromatic carbocycles. The molecule has 2 aromatic heterocycles. The van der Waals surface area contributed by atoms with E-state index in [1.54, 1.807) is 5.56 Å². The number of fused-ring (bicyclic) bond motifs is 4. The molecule has 1 unspecified atom stereocenters. The lowest BCUT2D eigenvalue weighted by Gasteiger charge is -2.48. The average Bonchev–Trinajstić information content (AvgIpc) is 3.34. The number of hydrogen-bond acceptors (Lipinski definition) is 0. The summed E-state index contributed by atoms with van der Waals surface area (Å²) in [6, 6.07) is 14.2. The third kappa shape index (κ3) is 1.78. The van der Waals surface area contributed by atoms with Crippen molar-refractivity contribution in [2.24, 2.45) is 0 Å². The monoisotopic (exact) mass is 381 g/mol. The summed E-state index contributed by atoms with van der Waals surface area (Å²) in [5.41, 5.74) is 8.66. The van der Waals surface area contributed by atoms with Crippen LogP contribution in [-0.4, -0.2) is 4.40 Å². The van der Waals surface area contributed by atoms with Crippen LogP contribution in [-0.2, 0) is 17.4 Å². The second-order valence-electron chi connectivity index (χ2n) is 9.18. The quantitative estimate of drug-likeness (QED) is 0.368. The Hall–Kier alpha value is -2.61. The minimum absolute atomic E-state index is 0.0341. The predicted octanol–water partition coefficient (Wildman–Crippen LogP) is 6.30. The zero-order chi connectivity index (χ0) is 20.0. The molecule has 0 spiro atoms. The molecule has 3 heterocycles. The van der Waals surface area contributed by atoms with Crippen LogP contribution >= 0.6 is 0 Å². The minimum Gasteiger partial charge on any atom is -0.216 e. The summed E-state index contributed by atoms with van der Waals surface area (Å²) < 4.78 is 5.18. The fraction of sp³-hybridized carbons (Fsp3) is 0.370. The van der Waals surface area contributed by atoms with Gasteiger partial charge in [0, 0.05) is 5.41 Å². The molecule has 6 rings (SSSR count). The van der Waals surface area contributed by atoms with Crippen molar-refractivity contribution in [2.45, 2.75) is 64.3 Å². The Balaban J connectivity index is 1.94. The van der Waals surface area contributed by atoms with Crippen molar-refractivity contribution < 1.29 is 4.57 Å². The van der Waals surface area contributed by atoms with Gasteiger partial charge in [-0.25, -0.2) is 4.57 Å². The van der Waals surface area contributed by atoms with E-state index >= 15 is 0 Å². The molecule has 146 valence electrons. The van der Waals surface area contributed by atoms with Gasteiger partial charge in [-0.05, 0) is 72.9 Å². The van der Waals surface area contributed by atoms with Gasteiger partial charge in [0.2, 0.25) is 0 Å². The van der Waals surface area contributed by atoms with Crippen LogP contribution in [0.15, 0.2) is 48.7 Å². The van der Waals surface area contributed by atoms with E-state index in [-0.39, 0.29) is 11.0 Å². The zero-order valence-corrected chi connectivity index (χ0v) is 17.9. The van der Waals surface area contributed by atoms with E-state index in [9.17, 15) is 0 Å². The smallest absolute Gasteiger partial charge is 0.216 e. The molecule has 1 atom stereocenters. The standard InChI is InChI=1S/C27H29N2/c1-5-26(4)27(6-2,7-3)21-13-9-10-18-14-15-28-22-16-19-11-8-12-20(19)17-23(22)29(26)25(28)24(18)21/h8-11,13-17H,5-7,12H2,1-4H3/q+1. The molecule has 1 aliphatic heterocycles. The van der Waals surface area contributed by atoms with E-state index in [2.05, 4.69) is 91.4 Å². The van der Waals surface area contributed by atoms with Crippen LogP contribution in [0.1, 0.15) is 63.6 Å². The van der Waals surface area contributed by atoms with E-state index in [4.69, 9.17) is 0 Å². The highest BCUT2D eigenvalue weighted by atomic mass is 15.2. The van der Waals surface area contributed by atoms with Gasteiger partial charge in [0.05, 0.1) is 11.6 Å². The van der Waals surface area contributed by atoms with Crippen LogP contribution in [0.2, 0.25) is 0 Å². The van der Waals surface area contributed by atoms with Crippen molar-refractivity contribution in [1.82, 2.24) is 4.40 Å². The first-order valence-corrected chi connectivity index (χ1v) is 11.2. The van der Waals surface area contributed by atoms with Gasteiger partial charge >= 0.3 is 0 Å². The van der Waals surface area contributed by atoms with E-state index < -0.39 is 0 Å². The molecular weight excluding hydrogens is 352 g/mol. The van der Waals surface area contributed by atoms with Gasteiger partial charge in [0.15, 0.2) is 11.0 Å². The number of hydrogen-bond donors (Lipinski definition) is 0. The van der Waals surface area contributed by atoms with Gasteiger partial charge in [-0.3, -0.25) is 0 Å². The third-order valence-corrected chi connectivity index (χ3v) is 8.47. The second-order valence-corrected chi connectivity index (χ2v) is 9.18. The number of aromatic nitrogens is 2. The van der Waals surface area contributed by atoms with Crippen LogP contribution in [0.3, 0.4) is 0 Å². The first-order chi connectivity index (χ1) is 14.1. The molecule has 0 radical (unpaired) electrons. The number of pyridine rings is 1. The predicted molar refractivity (Wildman–Crippen MR) is 122 cm³/mol. The highest BCUT2D eigenvalue weighted by Crippen LogP contribution is 2.52. The van der Waals surface area contributed by atoms with Gasteiger partial charge in [0.1, 0.15) is 5.54 Å². The zero-order valence-electron chi connectivity index (χ0n) is 17.9. The van der Waals surface area contributed by atoms with Crippen molar-refractivity contribution in [1.29, 1.82) is 0 Å². The number of imidazole rings is 1. The summed E-state index contributed by atoms with van der Waals surface area (Å²) in [6.45, 7) is 9.68. The maximum atomic E-state index is 2.73. The van der Waals surface area contributed by atoms with E-state index in [0.717, 1.165) is 25.7 Å². The van der Waals surface area contributed by atoms with Crippen molar-refractivity contribution in [2.75, 3.05) is 0 Å². The lowest BCUT2D eigenvalue weighted by molar-refractivity contribution is -0.729. The summed E-state index contributed by atoms with van der Waals surface area (Å²) in [4.78, 5) is 0. The molecule has 0 amide bonds. The average molecular weight is 382 g/mol. The van der Waals surface area contributed by atoms with Crippen LogP contribution in [0.5, 0.6) is 0 Å². The highest BCUT2D eigenvalue weighted by Gasteiger charge is 2.56. The topological polar surface area (TPSA) is 8.29 Å². The summed E-state index contributed by atoms with van der Waals surface area (Å²) in [5.74, 6) is 0. The van der Waals surface area contributed by atoms with E-state index in [1.165, 1.54) is 38.6 Å².